The van der Waals surface area contributed by atoms with E-state index in [2.05, 4.69) is 0 Å². The van der Waals surface area contributed by atoms with Crippen LogP contribution in [0.25, 0.3) is 6.08 Å². The molecule has 102 valence electrons. The molecule has 2 rings (SSSR count). The molecule has 0 saturated carbocycles. The molecular formula is C16H20O3. The van der Waals surface area contributed by atoms with Crippen molar-refractivity contribution in [2.45, 2.75) is 45.8 Å². The Hall–Kier alpha value is -1.45. The van der Waals surface area contributed by atoms with Crippen LogP contribution in [-0.4, -0.2) is 11.4 Å². The fourth-order valence-electron chi connectivity index (χ4n) is 2.15. The normalized spacial score (nSPS) is 23.0. The van der Waals surface area contributed by atoms with Crippen molar-refractivity contribution in [3.8, 4) is 0 Å². The van der Waals surface area contributed by atoms with Gasteiger partial charge in [0.25, 0.3) is 0 Å². The number of carbonyl (C=O) groups is 1. The Bertz CT molecular complexity index is 537. The van der Waals surface area contributed by atoms with Gasteiger partial charge in [-0.1, -0.05) is 24.3 Å². The average molecular weight is 260 g/mol. The summed E-state index contributed by atoms with van der Waals surface area (Å²) in [5, 5.41) is 0. The molecule has 0 amide bonds. The van der Waals surface area contributed by atoms with Gasteiger partial charge in [0.1, 0.15) is 0 Å². The highest BCUT2D eigenvalue weighted by molar-refractivity contribution is 6.07. The number of Topliss-reactive ketones (excluding diaryl/α,β-unsaturated/α-hetero) is 1. The zero-order valence-corrected chi connectivity index (χ0v) is 12.1. The Balaban J connectivity index is 2.43. The summed E-state index contributed by atoms with van der Waals surface area (Å²) in [4.78, 5) is 23.4. The summed E-state index contributed by atoms with van der Waals surface area (Å²) in [6, 6.07) is 7.73. The van der Waals surface area contributed by atoms with E-state index in [1.807, 2.05) is 51.1 Å². The smallest absolute Gasteiger partial charge is 0.198 e. The molecule has 0 radical (unpaired) electrons. The van der Waals surface area contributed by atoms with Crippen molar-refractivity contribution in [2.75, 3.05) is 0 Å². The van der Waals surface area contributed by atoms with Crippen molar-refractivity contribution in [3.63, 3.8) is 0 Å². The molecule has 3 heteroatoms. The van der Waals surface area contributed by atoms with Gasteiger partial charge in [0, 0.05) is 5.56 Å². The Morgan fingerprint density at radius 3 is 2.42 bits per heavy atom. The van der Waals surface area contributed by atoms with Crippen molar-refractivity contribution in [2.24, 2.45) is 0 Å². The van der Waals surface area contributed by atoms with Crippen LogP contribution in [0.4, 0.5) is 0 Å². The Morgan fingerprint density at radius 1 is 1.16 bits per heavy atom. The van der Waals surface area contributed by atoms with Crippen molar-refractivity contribution >= 4 is 11.9 Å². The van der Waals surface area contributed by atoms with E-state index >= 15 is 0 Å². The van der Waals surface area contributed by atoms with Gasteiger partial charge in [-0.05, 0) is 51.8 Å². The van der Waals surface area contributed by atoms with Gasteiger partial charge < -0.3 is 0 Å². The topological polar surface area (TPSA) is 35.5 Å². The number of hydrogen-bond donors (Lipinski definition) is 0. The number of rotatable bonds is 2. The third-order valence-electron chi connectivity index (χ3n) is 3.10. The van der Waals surface area contributed by atoms with Crippen LogP contribution in [0.5, 0.6) is 0 Å². The third kappa shape index (κ3) is 2.62. The van der Waals surface area contributed by atoms with Crippen LogP contribution in [0.1, 0.15) is 45.7 Å². The van der Waals surface area contributed by atoms with Crippen LogP contribution in [-0.2, 0) is 20.2 Å². The zero-order valence-electron chi connectivity index (χ0n) is 12.1. The van der Waals surface area contributed by atoms with E-state index in [1.165, 1.54) is 0 Å². The maximum atomic E-state index is 12.5. The maximum Gasteiger partial charge on any atom is 0.198 e. The predicted octanol–water partition coefficient (Wildman–Crippen LogP) is 3.63. The lowest BCUT2D eigenvalue weighted by atomic mass is 9.80. The van der Waals surface area contributed by atoms with E-state index in [0.29, 0.717) is 5.57 Å². The summed E-state index contributed by atoms with van der Waals surface area (Å²) >= 11 is 0. The molecule has 0 saturated heterocycles. The summed E-state index contributed by atoms with van der Waals surface area (Å²) in [7, 11) is 0. The van der Waals surface area contributed by atoms with Gasteiger partial charge in [0.05, 0.1) is 5.60 Å². The largest absolute Gasteiger partial charge is 0.291 e. The van der Waals surface area contributed by atoms with Crippen LogP contribution < -0.4 is 0 Å². The molecule has 3 nitrogen and oxygen atoms in total. The summed E-state index contributed by atoms with van der Waals surface area (Å²) in [5.74, 6) is -0.0598. The standard InChI is InChI=1S/C16H20O3/c1-11-10-12-8-6-7-9-13(12)16(5,14(11)17)19-18-15(2,3)4/h6-10H,1-5H3. The minimum absolute atomic E-state index is 0.0598. The van der Waals surface area contributed by atoms with E-state index < -0.39 is 11.2 Å². The van der Waals surface area contributed by atoms with E-state index in [0.717, 1.165) is 11.1 Å². The molecule has 0 aliphatic heterocycles. The molecule has 1 aromatic rings. The fraction of sp³-hybridized carbons (Fsp3) is 0.438. The molecular weight excluding hydrogens is 240 g/mol. The van der Waals surface area contributed by atoms with E-state index in [4.69, 9.17) is 9.78 Å². The van der Waals surface area contributed by atoms with Gasteiger partial charge in [0.2, 0.25) is 0 Å². The third-order valence-corrected chi connectivity index (χ3v) is 3.10. The number of fused-ring (bicyclic) bond motifs is 1. The van der Waals surface area contributed by atoms with Crippen LogP contribution in [0, 0.1) is 0 Å². The molecule has 19 heavy (non-hydrogen) atoms. The van der Waals surface area contributed by atoms with Gasteiger partial charge in [-0.25, -0.2) is 9.78 Å². The lowest BCUT2D eigenvalue weighted by molar-refractivity contribution is -0.394. The minimum atomic E-state index is -1.08. The van der Waals surface area contributed by atoms with Gasteiger partial charge >= 0.3 is 0 Å². The number of ketones is 1. The highest BCUT2D eigenvalue weighted by atomic mass is 17.2. The monoisotopic (exact) mass is 260 g/mol. The molecule has 1 aliphatic rings. The van der Waals surface area contributed by atoms with Crippen LogP contribution >= 0.6 is 0 Å². The van der Waals surface area contributed by atoms with Gasteiger partial charge in [-0.15, -0.1) is 0 Å². The summed E-state index contributed by atoms with van der Waals surface area (Å²) in [6.45, 7) is 9.22. The first-order valence-corrected chi connectivity index (χ1v) is 6.43. The van der Waals surface area contributed by atoms with Gasteiger partial charge in [-0.3, -0.25) is 4.79 Å². The van der Waals surface area contributed by atoms with E-state index in [1.54, 1.807) is 13.8 Å². The zero-order chi connectivity index (χ0) is 14.3. The molecule has 0 aromatic heterocycles. The molecule has 1 aromatic carbocycles. The predicted molar refractivity (Wildman–Crippen MR) is 74.4 cm³/mol. The molecule has 0 heterocycles. The summed E-state index contributed by atoms with van der Waals surface area (Å²) < 4.78 is 0. The maximum absolute atomic E-state index is 12.5. The summed E-state index contributed by atoms with van der Waals surface area (Å²) in [6.07, 6.45) is 1.89. The van der Waals surface area contributed by atoms with Crippen LogP contribution in [0.2, 0.25) is 0 Å². The Kier molecular flexibility index (Phi) is 3.37. The first-order chi connectivity index (χ1) is 8.74. The summed E-state index contributed by atoms with van der Waals surface area (Å²) in [5.41, 5.74) is 0.976. The highest BCUT2D eigenvalue weighted by Crippen LogP contribution is 2.37. The quantitative estimate of drug-likeness (QED) is 0.601. The van der Waals surface area contributed by atoms with Crippen molar-refractivity contribution in [1.82, 2.24) is 0 Å². The second-order valence-corrected chi connectivity index (χ2v) is 6.06. The van der Waals surface area contributed by atoms with E-state index in [-0.39, 0.29) is 5.78 Å². The minimum Gasteiger partial charge on any atom is -0.291 e. The van der Waals surface area contributed by atoms with Crippen molar-refractivity contribution in [3.05, 3.63) is 41.0 Å². The molecule has 0 bridgehead atoms. The van der Waals surface area contributed by atoms with Crippen LogP contribution in [0.3, 0.4) is 0 Å². The fourth-order valence-corrected chi connectivity index (χ4v) is 2.15. The molecule has 1 aliphatic carbocycles. The van der Waals surface area contributed by atoms with Crippen LogP contribution in [0.15, 0.2) is 29.8 Å². The second-order valence-electron chi connectivity index (χ2n) is 6.06. The van der Waals surface area contributed by atoms with E-state index in [9.17, 15) is 4.79 Å². The lowest BCUT2D eigenvalue weighted by Crippen LogP contribution is -2.41. The van der Waals surface area contributed by atoms with Crippen molar-refractivity contribution in [1.29, 1.82) is 0 Å². The first kappa shape index (κ1) is 14.0. The number of benzene rings is 1. The molecule has 0 spiro atoms. The number of hydrogen-bond acceptors (Lipinski definition) is 3. The first-order valence-electron chi connectivity index (χ1n) is 6.43. The highest BCUT2D eigenvalue weighted by Gasteiger charge is 2.43. The molecule has 0 fully saturated rings. The molecule has 1 atom stereocenters. The van der Waals surface area contributed by atoms with Gasteiger partial charge in [-0.2, -0.15) is 0 Å². The SMILES string of the molecule is CC1=Cc2ccccc2C(C)(OOC(C)(C)C)C1=O. The Morgan fingerprint density at radius 2 is 1.79 bits per heavy atom. The second kappa shape index (κ2) is 4.58. The van der Waals surface area contributed by atoms with Gasteiger partial charge in [0.15, 0.2) is 11.4 Å². The average Bonchev–Trinajstić information content (AvgIpc) is 2.33. The number of carbonyl (C=O) groups excluding carboxylic acids is 1. The van der Waals surface area contributed by atoms with Crippen molar-refractivity contribution < 1.29 is 14.6 Å². The molecule has 1 unspecified atom stereocenters. The molecule has 0 N–H and O–H groups in total. The lowest BCUT2D eigenvalue weighted by Gasteiger charge is -2.34. The Labute approximate surface area is 114 Å².